The number of halogens is 3. The van der Waals surface area contributed by atoms with Gasteiger partial charge in [-0.1, -0.05) is 28.9 Å². The van der Waals surface area contributed by atoms with Crippen LogP contribution in [0.3, 0.4) is 0 Å². The second kappa shape index (κ2) is 11.8. The topological polar surface area (TPSA) is 166 Å². The quantitative estimate of drug-likeness (QED) is 0.150. The maximum absolute atomic E-state index is 13.6. The van der Waals surface area contributed by atoms with Crippen molar-refractivity contribution in [3.05, 3.63) is 73.9 Å². The number of nitrogens with one attached hydrogen (secondary N) is 2. The minimum Gasteiger partial charge on any atom is -0.370 e. The fraction of sp³-hybridized carbons (Fsp3) is 0.182. The molecule has 12 nitrogen and oxygen atoms in total. The van der Waals surface area contributed by atoms with Gasteiger partial charge in [0.25, 0.3) is 0 Å². The first-order valence-electron chi connectivity index (χ1n) is 10.8. The molecule has 0 fully saturated rings. The fourth-order valence-electron chi connectivity index (χ4n) is 3.20. The Morgan fingerprint density at radius 1 is 1.19 bits per heavy atom. The van der Waals surface area contributed by atoms with Gasteiger partial charge in [0.2, 0.25) is 17.5 Å². The Hall–Kier alpha value is -4.04. The van der Waals surface area contributed by atoms with E-state index in [4.69, 9.17) is 26.5 Å². The van der Waals surface area contributed by atoms with Crippen LogP contribution in [0.15, 0.2) is 65.9 Å². The van der Waals surface area contributed by atoms with Gasteiger partial charge in [0.05, 0.1) is 16.6 Å². The van der Waals surface area contributed by atoms with Gasteiger partial charge in [-0.05, 0) is 68.6 Å². The van der Waals surface area contributed by atoms with Crippen LogP contribution >= 0.6 is 27.5 Å². The van der Waals surface area contributed by atoms with E-state index in [9.17, 15) is 14.0 Å². The number of rotatable bonds is 9. The lowest BCUT2D eigenvalue weighted by Crippen LogP contribution is -2.37. The van der Waals surface area contributed by atoms with Gasteiger partial charge in [-0.2, -0.15) is 0 Å². The highest BCUT2D eigenvalue weighted by molar-refractivity contribution is 9.10. The molecule has 0 radical (unpaired) electrons. The summed E-state index contributed by atoms with van der Waals surface area (Å²) >= 11 is 8.93. The molecule has 4 N–H and O–H groups in total. The summed E-state index contributed by atoms with van der Waals surface area (Å²) in [4.78, 5) is 28.5. The lowest BCUT2D eigenvalue weighted by Gasteiger charge is -2.06. The molecule has 0 aliphatic heterocycles. The molecule has 37 heavy (non-hydrogen) atoms. The van der Waals surface area contributed by atoms with Crippen LogP contribution in [0.4, 0.5) is 10.2 Å². The lowest BCUT2D eigenvalue weighted by atomic mass is 10.1. The monoisotopic (exact) mass is 592 g/mol. The fourth-order valence-corrected chi connectivity index (χ4v) is 3.69. The Morgan fingerprint density at radius 3 is 2.73 bits per heavy atom. The average molecular weight is 594 g/mol. The van der Waals surface area contributed by atoms with Crippen molar-refractivity contribution < 1.29 is 18.3 Å². The average Bonchev–Trinajstić information content (AvgIpc) is 3.48. The third-order valence-corrected chi connectivity index (χ3v) is 5.78. The number of guanidine groups is 1. The molecule has 4 rings (SSSR count). The van der Waals surface area contributed by atoms with Crippen LogP contribution in [-0.2, 0) is 11.2 Å². The molecule has 0 saturated carbocycles. The van der Waals surface area contributed by atoms with E-state index in [-0.39, 0.29) is 40.1 Å². The number of nitrogens with two attached hydrogens (primary N) is 1. The third kappa shape index (κ3) is 6.59. The maximum Gasteiger partial charge on any atom is 0.446 e. The van der Waals surface area contributed by atoms with Gasteiger partial charge in [-0.3, -0.25) is 19.6 Å². The Balaban J connectivity index is 1.32. The number of carbonyl (C=O) groups excluding carboxylic acids is 1. The summed E-state index contributed by atoms with van der Waals surface area (Å²) in [5.74, 6) is -1.38. The predicted octanol–water partition coefficient (Wildman–Crippen LogP) is 2.91. The highest BCUT2D eigenvalue weighted by atomic mass is 79.9. The number of nitrogens with zero attached hydrogens (tertiary/aromatic N) is 5. The normalized spacial score (nSPS) is 11.5. The molecule has 0 unspecified atom stereocenters. The summed E-state index contributed by atoms with van der Waals surface area (Å²) in [5, 5.41) is 17.5. The van der Waals surface area contributed by atoms with Gasteiger partial charge in [-0.15, -0.1) is 0 Å². The van der Waals surface area contributed by atoms with Crippen molar-refractivity contribution in [2.45, 2.75) is 12.8 Å². The van der Waals surface area contributed by atoms with Crippen molar-refractivity contribution >= 4 is 45.2 Å². The van der Waals surface area contributed by atoms with Crippen LogP contribution in [0.5, 0.6) is 0 Å². The maximum atomic E-state index is 13.6. The molecule has 2 aromatic heterocycles. The minimum absolute atomic E-state index is 0.000159. The highest BCUT2D eigenvalue weighted by Crippen LogP contribution is 2.26. The van der Waals surface area contributed by atoms with Crippen LogP contribution in [0.1, 0.15) is 12.0 Å². The molecular weight excluding hydrogens is 575 g/mol. The molecule has 0 aliphatic rings. The number of aromatic nitrogens is 4. The molecule has 4 aromatic rings. The van der Waals surface area contributed by atoms with Crippen molar-refractivity contribution in [2.24, 2.45) is 10.7 Å². The molecule has 1 amide bonds. The first-order chi connectivity index (χ1) is 17.8. The van der Waals surface area contributed by atoms with Gasteiger partial charge in [0.15, 0.2) is 11.7 Å². The molecule has 0 atom stereocenters. The number of carbonyl (C=O) groups is 1. The molecule has 192 valence electrons. The van der Waals surface area contributed by atoms with Gasteiger partial charge in [0.1, 0.15) is 5.82 Å². The zero-order chi connectivity index (χ0) is 26.4. The van der Waals surface area contributed by atoms with Crippen molar-refractivity contribution in [1.29, 1.82) is 0 Å². The smallest absolute Gasteiger partial charge is 0.370 e. The van der Waals surface area contributed by atoms with E-state index in [1.807, 2.05) is 0 Å². The molecular formula is C22H19BrClFN8O4. The van der Waals surface area contributed by atoms with E-state index in [0.717, 1.165) is 10.1 Å². The SMILES string of the molecule is NC(=NCCCNc1nonc1-c1noc(=O)n1-c1ccc(F)c(Br)c1)NC(=O)Cc1ccc(Cl)cc1. The summed E-state index contributed by atoms with van der Waals surface area (Å²) in [6.07, 6.45) is 0.648. The van der Waals surface area contributed by atoms with Crippen molar-refractivity contribution in [1.82, 2.24) is 25.4 Å². The molecule has 0 bridgehead atoms. The summed E-state index contributed by atoms with van der Waals surface area (Å²) in [7, 11) is 0. The highest BCUT2D eigenvalue weighted by Gasteiger charge is 2.23. The molecule has 0 aliphatic carbocycles. The molecule has 0 saturated heterocycles. The van der Waals surface area contributed by atoms with Crippen LogP contribution in [0.25, 0.3) is 17.2 Å². The zero-order valence-corrected chi connectivity index (χ0v) is 21.3. The van der Waals surface area contributed by atoms with Gasteiger partial charge >= 0.3 is 5.76 Å². The standard InChI is InChI=1S/C22H19BrClFN8O4/c23-15-11-14(6-7-16(15)25)33-20(32-36-22(33)35)18-19(31-37-30-18)27-8-1-9-28-21(26)29-17(34)10-12-2-4-13(24)5-3-12/h2-7,11H,1,8-10H2,(H,27,31)(H3,26,28,29,34). The van der Waals surface area contributed by atoms with Gasteiger partial charge in [0, 0.05) is 18.1 Å². The Kier molecular flexibility index (Phi) is 8.30. The predicted molar refractivity (Wildman–Crippen MR) is 136 cm³/mol. The van der Waals surface area contributed by atoms with Crippen LogP contribution < -0.4 is 22.1 Å². The second-order valence-corrected chi connectivity index (χ2v) is 8.86. The van der Waals surface area contributed by atoms with Gasteiger partial charge in [-0.25, -0.2) is 18.4 Å². The Labute approximate surface area is 221 Å². The molecule has 0 spiro atoms. The van der Waals surface area contributed by atoms with Crippen LogP contribution in [-0.4, -0.2) is 45.0 Å². The minimum atomic E-state index is -0.801. The van der Waals surface area contributed by atoms with Crippen molar-refractivity contribution in [3.8, 4) is 17.2 Å². The molecule has 15 heteroatoms. The van der Waals surface area contributed by atoms with E-state index in [0.29, 0.717) is 30.2 Å². The second-order valence-electron chi connectivity index (χ2n) is 7.57. The number of aliphatic imine (C=N–C) groups is 1. The number of anilines is 1. The van der Waals surface area contributed by atoms with E-state index >= 15 is 0 Å². The summed E-state index contributed by atoms with van der Waals surface area (Å²) < 4.78 is 24.5. The van der Waals surface area contributed by atoms with Crippen LogP contribution in [0, 0.1) is 5.82 Å². The lowest BCUT2D eigenvalue weighted by molar-refractivity contribution is -0.119. The van der Waals surface area contributed by atoms with Gasteiger partial charge < -0.3 is 11.1 Å². The Morgan fingerprint density at radius 2 is 1.97 bits per heavy atom. The van der Waals surface area contributed by atoms with Crippen molar-refractivity contribution in [2.75, 3.05) is 18.4 Å². The summed E-state index contributed by atoms with van der Waals surface area (Å²) in [5.41, 5.74) is 6.99. The Bertz CT molecular complexity index is 1480. The number of benzene rings is 2. The zero-order valence-electron chi connectivity index (χ0n) is 19.0. The van der Waals surface area contributed by atoms with E-state index < -0.39 is 11.6 Å². The third-order valence-electron chi connectivity index (χ3n) is 4.92. The number of hydrogen-bond acceptors (Lipinski definition) is 9. The number of amides is 1. The van der Waals surface area contributed by atoms with Crippen LogP contribution in [0.2, 0.25) is 5.02 Å². The summed E-state index contributed by atoms with van der Waals surface area (Å²) in [6, 6.07) is 10.9. The largest absolute Gasteiger partial charge is 0.446 e. The van der Waals surface area contributed by atoms with E-state index in [1.54, 1.807) is 24.3 Å². The number of hydrogen-bond donors (Lipinski definition) is 3. The molecule has 2 heterocycles. The van der Waals surface area contributed by atoms with Crippen molar-refractivity contribution in [3.63, 3.8) is 0 Å². The molecule has 2 aromatic carbocycles. The van der Waals surface area contributed by atoms with E-state index in [2.05, 4.69) is 47.0 Å². The van der Waals surface area contributed by atoms with E-state index in [1.165, 1.54) is 18.2 Å². The first-order valence-corrected chi connectivity index (χ1v) is 11.9. The summed E-state index contributed by atoms with van der Waals surface area (Å²) in [6.45, 7) is 0.680. The first kappa shape index (κ1) is 26.0.